The Bertz CT molecular complexity index is 369. The van der Waals surface area contributed by atoms with E-state index >= 15 is 0 Å². The number of phenolic OH excluding ortho intramolecular Hbond substituents is 1. The maximum absolute atomic E-state index is 11.1. The van der Waals surface area contributed by atoms with Crippen LogP contribution < -0.4 is 0 Å². The van der Waals surface area contributed by atoms with Crippen molar-refractivity contribution in [2.75, 3.05) is 0 Å². The molecule has 0 spiro atoms. The van der Waals surface area contributed by atoms with E-state index in [-0.39, 0.29) is 0 Å². The van der Waals surface area contributed by atoms with E-state index in [4.69, 9.17) is 0 Å². The molecule has 1 unspecified atom stereocenters. The molecule has 0 amide bonds. The Balaban J connectivity index is 2.24. The van der Waals surface area contributed by atoms with Crippen LogP contribution in [-0.2, 0) is 4.79 Å². The number of aromatic hydroxyl groups is 1. The Labute approximate surface area is 83.6 Å². The molecule has 0 bridgehead atoms. The molecule has 2 nitrogen and oxygen atoms in total. The van der Waals surface area contributed by atoms with Gasteiger partial charge in [0.2, 0.25) is 0 Å². The fourth-order valence-corrected chi connectivity index (χ4v) is 1.98. The number of hydrogen-bond donors (Lipinski definition) is 1. The van der Waals surface area contributed by atoms with E-state index < -0.39 is 0 Å². The summed E-state index contributed by atoms with van der Waals surface area (Å²) in [5.41, 5.74) is 1.98. The number of rotatable bonds is 1. The summed E-state index contributed by atoms with van der Waals surface area (Å²) in [7, 11) is 0. The number of ketones is 1. The highest BCUT2D eigenvalue weighted by molar-refractivity contribution is 5.81. The van der Waals surface area contributed by atoms with Crippen LogP contribution in [-0.4, -0.2) is 10.9 Å². The van der Waals surface area contributed by atoms with Gasteiger partial charge in [-0.25, -0.2) is 0 Å². The standard InChI is InChI=1S/C12H14O2/c1-8-2-3-10(7-12(8)14)9-4-5-11(13)6-9/h2-3,7,9,14H,4-6H2,1H3. The van der Waals surface area contributed by atoms with E-state index in [2.05, 4.69) is 0 Å². The zero-order valence-electron chi connectivity index (χ0n) is 8.29. The van der Waals surface area contributed by atoms with Gasteiger partial charge in [0.1, 0.15) is 11.5 Å². The summed E-state index contributed by atoms with van der Waals surface area (Å²) in [5, 5.41) is 9.54. The fourth-order valence-electron chi connectivity index (χ4n) is 1.98. The molecule has 1 atom stereocenters. The number of hydrogen-bond acceptors (Lipinski definition) is 2. The van der Waals surface area contributed by atoms with Crippen molar-refractivity contribution in [2.24, 2.45) is 0 Å². The van der Waals surface area contributed by atoms with Gasteiger partial charge >= 0.3 is 0 Å². The molecular weight excluding hydrogens is 176 g/mol. The summed E-state index contributed by atoms with van der Waals surface area (Å²) in [5.74, 6) is 1.01. The molecule has 1 N–H and O–H groups in total. The van der Waals surface area contributed by atoms with Gasteiger partial charge in [0.15, 0.2) is 0 Å². The molecule has 0 aromatic heterocycles. The number of phenols is 1. The van der Waals surface area contributed by atoms with Gasteiger partial charge in [-0.3, -0.25) is 4.79 Å². The molecular formula is C12H14O2. The van der Waals surface area contributed by atoms with Gasteiger partial charge in [0.25, 0.3) is 0 Å². The smallest absolute Gasteiger partial charge is 0.133 e. The lowest BCUT2D eigenvalue weighted by molar-refractivity contribution is -0.117. The quantitative estimate of drug-likeness (QED) is 0.738. The maximum Gasteiger partial charge on any atom is 0.133 e. The molecule has 1 aromatic carbocycles. The van der Waals surface area contributed by atoms with Crippen LogP contribution in [0.3, 0.4) is 0 Å². The van der Waals surface area contributed by atoms with Crippen molar-refractivity contribution in [3.8, 4) is 5.75 Å². The Morgan fingerprint density at radius 1 is 1.43 bits per heavy atom. The first kappa shape index (κ1) is 9.25. The second-order valence-electron chi connectivity index (χ2n) is 4.02. The van der Waals surface area contributed by atoms with Gasteiger partial charge in [-0.1, -0.05) is 12.1 Å². The monoisotopic (exact) mass is 190 g/mol. The third kappa shape index (κ3) is 1.65. The molecule has 0 heterocycles. The third-order valence-corrected chi connectivity index (χ3v) is 2.95. The molecule has 2 rings (SSSR count). The Hall–Kier alpha value is -1.31. The third-order valence-electron chi connectivity index (χ3n) is 2.95. The maximum atomic E-state index is 11.1. The summed E-state index contributed by atoms with van der Waals surface area (Å²) in [4.78, 5) is 11.1. The largest absolute Gasteiger partial charge is 0.508 e. The highest BCUT2D eigenvalue weighted by Gasteiger charge is 2.23. The Morgan fingerprint density at radius 2 is 2.21 bits per heavy atom. The minimum Gasteiger partial charge on any atom is -0.508 e. The number of benzene rings is 1. The van der Waals surface area contributed by atoms with E-state index in [9.17, 15) is 9.90 Å². The van der Waals surface area contributed by atoms with Crippen LogP contribution >= 0.6 is 0 Å². The Kier molecular flexibility index (Phi) is 2.28. The van der Waals surface area contributed by atoms with E-state index in [1.807, 2.05) is 19.1 Å². The molecule has 14 heavy (non-hydrogen) atoms. The number of carbonyl (C=O) groups is 1. The SMILES string of the molecule is Cc1ccc(C2CCC(=O)C2)cc1O. The second kappa shape index (κ2) is 3.45. The molecule has 1 aliphatic carbocycles. The molecule has 1 aromatic rings. The number of aryl methyl sites for hydroxylation is 1. The van der Waals surface area contributed by atoms with Crippen molar-refractivity contribution < 1.29 is 9.90 Å². The van der Waals surface area contributed by atoms with Gasteiger partial charge in [-0.2, -0.15) is 0 Å². The second-order valence-corrected chi connectivity index (χ2v) is 4.02. The van der Waals surface area contributed by atoms with Crippen LogP contribution in [0, 0.1) is 6.92 Å². The lowest BCUT2D eigenvalue weighted by atomic mass is 9.96. The minimum atomic E-state index is 0.328. The highest BCUT2D eigenvalue weighted by Crippen LogP contribution is 2.34. The van der Waals surface area contributed by atoms with Crippen molar-refractivity contribution >= 4 is 5.78 Å². The Morgan fingerprint density at radius 3 is 2.79 bits per heavy atom. The summed E-state index contributed by atoms with van der Waals surface area (Å²) in [6, 6.07) is 5.71. The van der Waals surface area contributed by atoms with Crippen molar-refractivity contribution in [1.29, 1.82) is 0 Å². The van der Waals surface area contributed by atoms with Crippen molar-refractivity contribution in [3.63, 3.8) is 0 Å². The average Bonchev–Trinajstić information content (AvgIpc) is 2.57. The van der Waals surface area contributed by atoms with Crippen molar-refractivity contribution in [2.45, 2.75) is 32.1 Å². The number of carbonyl (C=O) groups excluding carboxylic acids is 1. The fraction of sp³-hybridized carbons (Fsp3) is 0.417. The molecule has 0 radical (unpaired) electrons. The van der Waals surface area contributed by atoms with Crippen LogP contribution in [0.1, 0.15) is 36.3 Å². The van der Waals surface area contributed by atoms with E-state index in [0.29, 0.717) is 30.3 Å². The lowest BCUT2D eigenvalue weighted by Gasteiger charge is -2.09. The van der Waals surface area contributed by atoms with Crippen molar-refractivity contribution in [3.05, 3.63) is 29.3 Å². The van der Waals surface area contributed by atoms with Crippen molar-refractivity contribution in [1.82, 2.24) is 0 Å². The molecule has 1 aliphatic rings. The molecule has 1 saturated carbocycles. The minimum absolute atomic E-state index is 0.328. The van der Waals surface area contributed by atoms with Crippen LogP contribution in [0.25, 0.3) is 0 Å². The molecule has 0 saturated heterocycles. The average molecular weight is 190 g/mol. The summed E-state index contributed by atoms with van der Waals surface area (Å²) in [6.07, 6.45) is 2.27. The van der Waals surface area contributed by atoms with E-state index in [1.165, 1.54) is 0 Å². The summed E-state index contributed by atoms with van der Waals surface area (Å²) < 4.78 is 0. The molecule has 2 heteroatoms. The zero-order valence-corrected chi connectivity index (χ0v) is 8.29. The first-order chi connectivity index (χ1) is 6.66. The van der Waals surface area contributed by atoms with Gasteiger partial charge < -0.3 is 5.11 Å². The molecule has 0 aliphatic heterocycles. The first-order valence-corrected chi connectivity index (χ1v) is 4.98. The summed E-state index contributed by atoms with van der Waals surface area (Å²) in [6.45, 7) is 1.87. The molecule has 74 valence electrons. The van der Waals surface area contributed by atoms with Gasteiger partial charge in [-0.15, -0.1) is 0 Å². The van der Waals surface area contributed by atoms with Crippen LogP contribution in [0.2, 0.25) is 0 Å². The number of Topliss-reactive ketones (excluding diaryl/α,β-unsaturated/α-hetero) is 1. The van der Waals surface area contributed by atoms with E-state index in [0.717, 1.165) is 17.5 Å². The van der Waals surface area contributed by atoms with Gasteiger partial charge in [-0.05, 0) is 36.5 Å². The van der Waals surface area contributed by atoms with Crippen LogP contribution in [0.5, 0.6) is 5.75 Å². The topological polar surface area (TPSA) is 37.3 Å². The lowest BCUT2D eigenvalue weighted by Crippen LogP contribution is -1.94. The highest BCUT2D eigenvalue weighted by atomic mass is 16.3. The zero-order chi connectivity index (χ0) is 10.1. The predicted molar refractivity (Wildman–Crippen MR) is 54.4 cm³/mol. The van der Waals surface area contributed by atoms with Crippen LogP contribution in [0.4, 0.5) is 0 Å². The van der Waals surface area contributed by atoms with Gasteiger partial charge in [0, 0.05) is 12.8 Å². The van der Waals surface area contributed by atoms with E-state index in [1.54, 1.807) is 6.07 Å². The normalized spacial score (nSPS) is 21.5. The van der Waals surface area contributed by atoms with Crippen LogP contribution in [0.15, 0.2) is 18.2 Å². The first-order valence-electron chi connectivity index (χ1n) is 4.98. The molecule has 1 fully saturated rings. The summed E-state index contributed by atoms with van der Waals surface area (Å²) >= 11 is 0. The van der Waals surface area contributed by atoms with Gasteiger partial charge in [0.05, 0.1) is 0 Å². The predicted octanol–water partition coefficient (Wildman–Crippen LogP) is 2.54.